The van der Waals surface area contributed by atoms with Crippen molar-refractivity contribution in [2.75, 3.05) is 13.2 Å². The second-order valence-electron chi connectivity index (χ2n) is 18.2. The summed E-state index contributed by atoms with van der Waals surface area (Å²) in [4.78, 5) is 38.0. The zero-order valence-corrected chi connectivity index (χ0v) is 41.8. The molecule has 0 aliphatic carbocycles. The Morgan fingerprint density at radius 1 is 0.317 bits per heavy atom. The van der Waals surface area contributed by atoms with E-state index in [1.807, 2.05) is 0 Å². The van der Waals surface area contributed by atoms with Crippen LogP contribution in [0, 0.1) is 0 Å². The number of hydrogen-bond acceptors (Lipinski definition) is 6. The molecule has 6 heteroatoms. The molecule has 0 bridgehead atoms. The van der Waals surface area contributed by atoms with Gasteiger partial charge in [-0.3, -0.25) is 14.4 Å². The Hall–Kier alpha value is -2.63. The van der Waals surface area contributed by atoms with Gasteiger partial charge in [0.2, 0.25) is 0 Å². The van der Waals surface area contributed by atoms with Crippen molar-refractivity contribution in [1.29, 1.82) is 0 Å². The summed E-state index contributed by atoms with van der Waals surface area (Å²) < 4.78 is 16.8. The Bertz CT molecular complexity index is 1110. The molecule has 0 heterocycles. The quantitative estimate of drug-likeness (QED) is 0.0199. The van der Waals surface area contributed by atoms with Crippen molar-refractivity contribution in [3.8, 4) is 0 Å². The van der Waals surface area contributed by atoms with Crippen LogP contribution in [0.5, 0.6) is 0 Å². The van der Waals surface area contributed by atoms with Gasteiger partial charge in [0.1, 0.15) is 13.2 Å². The molecule has 0 aromatic rings. The number of rotatable bonds is 49. The van der Waals surface area contributed by atoms with E-state index in [-0.39, 0.29) is 31.1 Å². The van der Waals surface area contributed by atoms with Gasteiger partial charge in [0.25, 0.3) is 0 Å². The molecule has 366 valence electrons. The van der Waals surface area contributed by atoms with Crippen LogP contribution in [0.1, 0.15) is 278 Å². The van der Waals surface area contributed by atoms with E-state index in [1.165, 1.54) is 154 Å². The van der Waals surface area contributed by atoms with Gasteiger partial charge >= 0.3 is 17.9 Å². The molecule has 0 radical (unpaired) electrons. The van der Waals surface area contributed by atoms with Gasteiger partial charge in [-0.05, 0) is 70.6 Å². The minimum Gasteiger partial charge on any atom is -0.462 e. The first-order valence-corrected chi connectivity index (χ1v) is 27.2. The maximum absolute atomic E-state index is 12.8. The zero-order valence-electron chi connectivity index (χ0n) is 41.8. The molecule has 1 unspecified atom stereocenters. The van der Waals surface area contributed by atoms with Crippen molar-refractivity contribution in [1.82, 2.24) is 0 Å². The molecule has 0 saturated heterocycles. The van der Waals surface area contributed by atoms with E-state index in [9.17, 15) is 14.4 Å². The Kier molecular flexibility index (Phi) is 49.8. The minimum absolute atomic E-state index is 0.0819. The lowest BCUT2D eigenvalue weighted by Crippen LogP contribution is -2.30. The fraction of sp³-hybridized carbons (Fsp3) is 0.807. The van der Waals surface area contributed by atoms with E-state index in [4.69, 9.17) is 14.2 Å². The monoisotopic (exact) mass is 883 g/mol. The molecule has 0 aliphatic heterocycles. The van der Waals surface area contributed by atoms with Crippen LogP contribution in [0.2, 0.25) is 0 Å². The van der Waals surface area contributed by atoms with Crippen LogP contribution < -0.4 is 0 Å². The van der Waals surface area contributed by atoms with Crippen LogP contribution in [0.25, 0.3) is 0 Å². The number of unbranched alkanes of at least 4 members (excludes halogenated alkanes) is 32. The van der Waals surface area contributed by atoms with Crippen LogP contribution >= 0.6 is 0 Å². The maximum Gasteiger partial charge on any atom is 0.306 e. The second-order valence-corrected chi connectivity index (χ2v) is 18.2. The average molecular weight is 883 g/mol. The molecular formula is C57H102O6. The minimum atomic E-state index is -0.781. The number of esters is 3. The molecule has 0 spiro atoms. The van der Waals surface area contributed by atoms with E-state index in [0.717, 1.165) is 83.5 Å². The lowest BCUT2D eigenvalue weighted by molar-refractivity contribution is -0.167. The Morgan fingerprint density at radius 2 is 0.587 bits per heavy atom. The third-order valence-corrected chi connectivity index (χ3v) is 11.9. The number of allylic oxidation sites excluding steroid dienone is 8. The summed E-state index contributed by atoms with van der Waals surface area (Å²) in [6.07, 6.45) is 62.3. The van der Waals surface area contributed by atoms with Crippen LogP contribution in [0.3, 0.4) is 0 Å². The number of hydrogen-bond donors (Lipinski definition) is 0. The summed E-state index contributed by atoms with van der Waals surface area (Å²) in [6, 6.07) is 0. The first-order valence-electron chi connectivity index (χ1n) is 27.2. The zero-order chi connectivity index (χ0) is 45.8. The topological polar surface area (TPSA) is 78.9 Å². The predicted molar refractivity (Wildman–Crippen MR) is 270 cm³/mol. The molecule has 0 aromatic heterocycles. The highest BCUT2D eigenvalue weighted by atomic mass is 16.6. The fourth-order valence-electron chi connectivity index (χ4n) is 7.73. The van der Waals surface area contributed by atoms with Crippen LogP contribution in [0.4, 0.5) is 0 Å². The fourth-order valence-corrected chi connectivity index (χ4v) is 7.73. The Labute approximate surface area is 390 Å². The number of ether oxygens (including phenoxy) is 3. The van der Waals surface area contributed by atoms with Gasteiger partial charge in [0.15, 0.2) is 6.10 Å². The van der Waals surface area contributed by atoms with Gasteiger partial charge in [0.05, 0.1) is 0 Å². The summed E-state index contributed by atoms with van der Waals surface area (Å²) in [5.41, 5.74) is 0. The lowest BCUT2D eigenvalue weighted by atomic mass is 10.0. The number of carbonyl (C=O) groups is 3. The van der Waals surface area contributed by atoms with E-state index in [0.29, 0.717) is 19.3 Å². The molecule has 0 saturated carbocycles. The Morgan fingerprint density at radius 3 is 0.952 bits per heavy atom. The summed E-state index contributed by atoms with van der Waals surface area (Å²) in [7, 11) is 0. The SMILES string of the molecule is CCCCC/C=C\CCCCCCCC(=O)OCC(COC(=O)CCCCCCC\C=C/C=C\C=C/CCCCCCC)OC(=O)CCCCCCCCCCCCCCCCC. The molecule has 6 nitrogen and oxygen atoms in total. The molecule has 0 amide bonds. The molecule has 0 aromatic carbocycles. The molecule has 0 N–H and O–H groups in total. The van der Waals surface area contributed by atoms with Crippen molar-refractivity contribution in [3.63, 3.8) is 0 Å². The van der Waals surface area contributed by atoms with Gasteiger partial charge in [-0.1, -0.05) is 236 Å². The van der Waals surface area contributed by atoms with Gasteiger partial charge in [-0.15, -0.1) is 0 Å². The summed E-state index contributed by atoms with van der Waals surface area (Å²) in [6.45, 7) is 6.60. The largest absolute Gasteiger partial charge is 0.462 e. The van der Waals surface area contributed by atoms with E-state index in [2.05, 4.69) is 69.4 Å². The van der Waals surface area contributed by atoms with Gasteiger partial charge in [-0.25, -0.2) is 0 Å². The molecule has 1 atom stereocenters. The van der Waals surface area contributed by atoms with Crippen LogP contribution in [-0.2, 0) is 28.6 Å². The predicted octanol–water partition coefficient (Wildman–Crippen LogP) is 17.9. The molecule has 63 heavy (non-hydrogen) atoms. The molecular weight excluding hydrogens is 781 g/mol. The van der Waals surface area contributed by atoms with Crippen molar-refractivity contribution in [2.45, 2.75) is 284 Å². The highest BCUT2D eigenvalue weighted by Crippen LogP contribution is 2.16. The summed E-state index contributed by atoms with van der Waals surface area (Å²) in [5.74, 6) is -0.900. The maximum atomic E-state index is 12.8. The first kappa shape index (κ1) is 60.4. The molecule has 0 rings (SSSR count). The molecule has 0 fully saturated rings. The van der Waals surface area contributed by atoms with Crippen molar-refractivity contribution >= 4 is 17.9 Å². The average Bonchev–Trinajstić information content (AvgIpc) is 3.28. The van der Waals surface area contributed by atoms with Crippen molar-refractivity contribution in [2.24, 2.45) is 0 Å². The van der Waals surface area contributed by atoms with E-state index in [1.54, 1.807) is 0 Å². The van der Waals surface area contributed by atoms with Crippen molar-refractivity contribution < 1.29 is 28.6 Å². The van der Waals surface area contributed by atoms with Gasteiger partial charge < -0.3 is 14.2 Å². The normalized spacial score (nSPS) is 12.4. The van der Waals surface area contributed by atoms with Gasteiger partial charge in [0, 0.05) is 19.3 Å². The lowest BCUT2D eigenvalue weighted by Gasteiger charge is -2.18. The van der Waals surface area contributed by atoms with Crippen LogP contribution in [-0.4, -0.2) is 37.2 Å². The van der Waals surface area contributed by atoms with E-state index >= 15 is 0 Å². The first-order chi connectivity index (χ1) is 31.0. The third kappa shape index (κ3) is 50.2. The summed E-state index contributed by atoms with van der Waals surface area (Å²) in [5, 5.41) is 0. The second kappa shape index (κ2) is 52.0. The smallest absolute Gasteiger partial charge is 0.306 e. The van der Waals surface area contributed by atoms with Crippen LogP contribution in [0.15, 0.2) is 48.6 Å². The summed E-state index contributed by atoms with van der Waals surface area (Å²) >= 11 is 0. The van der Waals surface area contributed by atoms with Gasteiger partial charge in [-0.2, -0.15) is 0 Å². The van der Waals surface area contributed by atoms with Crippen molar-refractivity contribution in [3.05, 3.63) is 48.6 Å². The Balaban J connectivity index is 4.39. The highest BCUT2D eigenvalue weighted by Gasteiger charge is 2.19. The van der Waals surface area contributed by atoms with E-state index < -0.39 is 6.10 Å². The highest BCUT2D eigenvalue weighted by molar-refractivity contribution is 5.71. The number of carbonyl (C=O) groups excluding carboxylic acids is 3. The molecule has 0 aliphatic rings. The standard InChI is InChI=1S/C57H102O6/c1-4-7-10-13-16-19-22-25-27-28-29-31-32-35-38-41-44-47-50-56(59)62-53-54(52-61-55(58)49-46-43-40-37-34-24-21-18-15-12-9-6-3)63-57(60)51-48-45-42-39-36-33-30-26-23-20-17-14-11-8-5-2/h18,21-22,25,27-29,31,54H,4-17,19-20,23-24,26,30,32-53H2,1-3H3/b21-18-,25-22-,28-27-,31-29-. The third-order valence-electron chi connectivity index (χ3n) is 11.9.